The SMILES string of the molecule is C[C@H]1[C@@H](C=Cc2ccc(-c3ccccc3C#N)cn2)[C@H](C)[C@@H](C)C[C@H]1N(C)C(=O)C[C@@H]1CC[C@H](C)[C@@H](C)[C@@H]1C=Cc1ccc(-c2ccccc2C#N)cn1. The van der Waals surface area contributed by atoms with Gasteiger partial charge < -0.3 is 4.90 Å². The molecule has 2 aliphatic rings. The van der Waals surface area contributed by atoms with Crippen LogP contribution in [0.25, 0.3) is 34.4 Å². The van der Waals surface area contributed by atoms with E-state index in [0.29, 0.717) is 53.1 Å². The Kier molecular flexibility index (Phi) is 12.2. The molecule has 2 aromatic carbocycles. The van der Waals surface area contributed by atoms with Crippen LogP contribution in [0.15, 0.2) is 97.3 Å². The molecule has 0 radical (unpaired) electrons. The first-order valence-corrected chi connectivity index (χ1v) is 19.6. The Balaban J connectivity index is 1.12. The average Bonchev–Trinajstić information content (AvgIpc) is 3.20. The number of aromatic nitrogens is 2. The van der Waals surface area contributed by atoms with Crippen molar-refractivity contribution in [1.82, 2.24) is 14.9 Å². The van der Waals surface area contributed by atoms with Crippen molar-refractivity contribution in [3.63, 3.8) is 0 Å². The first-order chi connectivity index (χ1) is 26.1. The zero-order valence-electron chi connectivity index (χ0n) is 32.6. The van der Waals surface area contributed by atoms with Gasteiger partial charge in [0.05, 0.1) is 34.7 Å². The number of amides is 1. The molecule has 54 heavy (non-hydrogen) atoms. The summed E-state index contributed by atoms with van der Waals surface area (Å²) in [6, 6.07) is 28.1. The summed E-state index contributed by atoms with van der Waals surface area (Å²) in [4.78, 5) is 25.7. The van der Waals surface area contributed by atoms with E-state index in [2.05, 4.69) is 76.0 Å². The van der Waals surface area contributed by atoms with Gasteiger partial charge in [0.25, 0.3) is 0 Å². The third-order valence-electron chi connectivity index (χ3n) is 13.0. The molecular formula is C48H53N5O. The molecule has 6 rings (SSSR count). The van der Waals surface area contributed by atoms with Gasteiger partial charge in [-0.15, -0.1) is 0 Å². The zero-order chi connectivity index (χ0) is 38.4. The highest BCUT2D eigenvalue weighted by Crippen LogP contribution is 2.44. The molecule has 6 nitrogen and oxygen atoms in total. The number of allylic oxidation sites excluding steroid dienone is 2. The third-order valence-corrected chi connectivity index (χ3v) is 13.0. The molecule has 276 valence electrons. The first kappa shape index (κ1) is 38.4. The summed E-state index contributed by atoms with van der Waals surface area (Å²) in [5.41, 5.74) is 6.70. The van der Waals surface area contributed by atoms with E-state index >= 15 is 0 Å². The van der Waals surface area contributed by atoms with Gasteiger partial charge in [-0.05, 0) is 96.6 Å². The Morgan fingerprint density at radius 1 is 0.704 bits per heavy atom. The van der Waals surface area contributed by atoms with Gasteiger partial charge in [-0.1, -0.05) is 102 Å². The maximum Gasteiger partial charge on any atom is 0.222 e. The van der Waals surface area contributed by atoms with Crippen molar-refractivity contribution in [3.05, 3.63) is 120 Å². The van der Waals surface area contributed by atoms with Crippen LogP contribution in [0.2, 0.25) is 0 Å². The van der Waals surface area contributed by atoms with E-state index in [4.69, 9.17) is 9.97 Å². The summed E-state index contributed by atoms with van der Waals surface area (Å²) in [7, 11) is 2.03. The van der Waals surface area contributed by atoms with Crippen molar-refractivity contribution >= 4 is 18.1 Å². The van der Waals surface area contributed by atoms with Crippen molar-refractivity contribution in [2.45, 2.75) is 66.3 Å². The minimum atomic E-state index is 0.166. The summed E-state index contributed by atoms with van der Waals surface area (Å²) in [6.07, 6.45) is 16.3. The van der Waals surface area contributed by atoms with Crippen LogP contribution in [0.5, 0.6) is 0 Å². The number of pyridine rings is 2. The summed E-state index contributed by atoms with van der Waals surface area (Å²) < 4.78 is 0. The van der Waals surface area contributed by atoms with Gasteiger partial charge in [0.2, 0.25) is 5.91 Å². The van der Waals surface area contributed by atoms with E-state index in [-0.39, 0.29) is 23.8 Å². The van der Waals surface area contributed by atoms with Crippen LogP contribution in [0.4, 0.5) is 0 Å². The summed E-state index contributed by atoms with van der Waals surface area (Å²) in [5.74, 6) is 3.45. The van der Waals surface area contributed by atoms with Gasteiger partial charge in [-0.3, -0.25) is 14.8 Å². The molecule has 0 N–H and O–H groups in total. The molecule has 6 heteroatoms. The molecule has 0 bridgehead atoms. The maximum atomic E-state index is 14.2. The van der Waals surface area contributed by atoms with Gasteiger partial charge in [0.1, 0.15) is 0 Å². The van der Waals surface area contributed by atoms with Crippen LogP contribution in [0, 0.1) is 70.0 Å². The smallest absolute Gasteiger partial charge is 0.222 e. The maximum absolute atomic E-state index is 14.2. The molecule has 1 amide bonds. The number of rotatable bonds is 9. The third kappa shape index (κ3) is 8.40. The lowest BCUT2D eigenvalue weighted by Gasteiger charge is -2.47. The van der Waals surface area contributed by atoms with E-state index in [1.54, 1.807) is 0 Å². The van der Waals surface area contributed by atoms with Gasteiger partial charge in [-0.2, -0.15) is 10.5 Å². The van der Waals surface area contributed by atoms with Crippen LogP contribution < -0.4 is 0 Å². The van der Waals surface area contributed by atoms with Crippen molar-refractivity contribution in [1.29, 1.82) is 10.5 Å². The van der Waals surface area contributed by atoms with Crippen molar-refractivity contribution < 1.29 is 4.79 Å². The molecule has 2 heterocycles. The first-order valence-electron chi connectivity index (χ1n) is 19.6. The predicted molar refractivity (Wildman–Crippen MR) is 218 cm³/mol. The Bertz CT molecular complexity index is 2050. The highest BCUT2D eigenvalue weighted by molar-refractivity contribution is 5.77. The van der Waals surface area contributed by atoms with E-state index in [1.165, 1.54) is 0 Å². The molecule has 0 aliphatic heterocycles. The Hall–Kier alpha value is -5.33. The van der Waals surface area contributed by atoms with E-state index in [9.17, 15) is 15.3 Å². The summed E-state index contributed by atoms with van der Waals surface area (Å²) in [5, 5.41) is 19.1. The van der Waals surface area contributed by atoms with Gasteiger partial charge in [0.15, 0.2) is 0 Å². The molecule has 2 saturated carbocycles. The normalized spacial score (nSPS) is 27.0. The van der Waals surface area contributed by atoms with Crippen molar-refractivity contribution in [2.75, 3.05) is 7.05 Å². The van der Waals surface area contributed by atoms with Crippen LogP contribution >= 0.6 is 0 Å². The minimum absolute atomic E-state index is 0.166. The second kappa shape index (κ2) is 17.2. The van der Waals surface area contributed by atoms with Gasteiger partial charge >= 0.3 is 0 Å². The average molecular weight is 716 g/mol. The quantitative estimate of drug-likeness (QED) is 0.172. The molecule has 0 unspecified atom stereocenters. The number of hydrogen-bond donors (Lipinski definition) is 0. The molecule has 0 saturated heterocycles. The van der Waals surface area contributed by atoms with Crippen LogP contribution in [0.1, 0.15) is 82.8 Å². The fourth-order valence-corrected chi connectivity index (χ4v) is 9.06. The summed E-state index contributed by atoms with van der Waals surface area (Å²) in [6.45, 7) is 11.7. The zero-order valence-corrected chi connectivity index (χ0v) is 32.6. The van der Waals surface area contributed by atoms with Crippen LogP contribution in [-0.4, -0.2) is 33.9 Å². The highest BCUT2D eigenvalue weighted by Gasteiger charge is 2.41. The molecule has 2 fully saturated rings. The molecule has 4 aromatic rings. The Labute approximate surface area is 322 Å². The van der Waals surface area contributed by atoms with Crippen LogP contribution in [-0.2, 0) is 4.79 Å². The largest absolute Gasteiger partial charge is 0.342 e. The standard InChI is InChI=1S/C48H53N5O/c1-31-15-16-36(44(33(31)3)24-22-42-20-18-40(30-52-42)46-14-10-8-12-38(46)28-50)26-48(54)53(6)47-25-32(2)34(4)43(35(47)5)23-21-41-19-17-39(29-51-41)45-13-9-7-11-37(45)27-49/h7-14,17-24,29-36,43-44,47H,15-16,25-26H2,1-6H3/t31-,32-,33+,34+,35-,36-,43-,44-,47+/m0/s1. The lowest BCUT2D eigenvalue weighted by atomic mass is 9.65. The second-order valence-corrected chi connectivity index (χ2v) is 16.0. The fourth-order valence-electron chi connectivity index (χ4n) is 9.06. The number of nitriles is 2. The topological polar surface area (TPSA) is 93.7 Å². The molecule has 2 aromatic heterocycles. The summed E-state index contributed by atoms with van der Waals surface area (Å²) >= 11 is 0. The monoisotopic (exact) mass is 715 g/mol. The highest BCUT2D eigenvalue weighted by atomic mass is 16.2. The van der Waals surface area contributed by atoms with Crippen LogP contribution in [0.3, 0.4) is 0 Å². The Morgan fingerprint density at radius 3 is 1.74 bits per heavy atom. The van der Waals surface area contributed by atoms with Gasteiger partial charge in [0, 0.05) is 54.2 Å². The number of carbonyl (C=O) groups is 1. The van der Waals surface area contributed by atoms with E-state index in [1.807, 2.05) is 92.2 Å². The van der Waals surface area contributed by atoms with Crippen molar-refractivity contribution in [3.8, 4) is 34.4 Å². The van der Waals surface area contributed by atoms with Crippen molar-refractivity contribution in [2.24, 2.45) is 47.3 Å². The number of nitrogens with zero attached hydrogens (tertiary/aromatic N) is 5. The van der Waals surface area contributed by atoms with E-state index in [0.717, 1.165) is 52.9 Å². The minimum Gasteiger partial charge on any atom is -0.342 e. The molecular weight excluding hydrogens is 663 g/mol. The van der Waals surface area contributed by atoms with E-state index < -0.39 is 0 Å². The lowest BCUT2D eigenvalue weighted by molar-refractivity contribution is -0.137. The number of hydrogen-bond acceptors (Lipinski definition) is 5. The number of benzene rings is 2. The lowest BCUT2D eigenvalue weighted by Crippen LogP contribution is -2.50. The molecule has 2 aliphatic carbocycles. The fraction of sp³-hybridized carbons (Fsp3) is 0.396. The molecule has 9 atom stereocenters. The Morgan fingerprint density at radius 2 is 1.22 bits per heavy atom. The molecule has 0 spiro atoms. The second-order valence-electron chi connectivity index (χ2n) is 16.0. The predicted octanol–water partition coefficient (Wildman–Crippen LogP) is 10.7. The van der Waals surface area contributed by atoms with Gasteiger partial charge in [-0.25, -0.2) is 0 Å². The number of carbonyl (C=O) groups excluding carboxylic acids is 1.